The molecule has 156 valence electrons. The standard InChI is InChI=1S/C22H26N6O2/c23-18(10-15-4-2-1-3-5-15)22-24-20(11-16-6-7-16)25-28(22)13-21(29)27-9-8-19-17(12-27)14-30-26-19/h1-5,14,16,18H,6-13,23H2/t18-/m1/s1. The predicted octanol–water partition coefficient (Wildman–Crippen LogP) is 2.05. The lowest BCUT2D eigenvalue weighted by atomic mass is 10.1. The van der Waals surface area contributed by atoms with Gasteiger partial charge in [-0.25, -0.2) is 9.67 Å². The fraction of sp³-hybridized carbons (Fsp3) is 0.455. The van der Waals surface area contributed by atoms with E-state index in [4.69, 9.17) is 15.2 Å². The van der Waals surface area contributed by atoms with Gasteiger partial charge in [0, 0.05) is 24.9 Å². The minimum absolute atomic E-state index is 0.0119. The molecule has 3 aromatic rings. The van der Waals surface area contributed by atoms with E-state index in [-0.39, 0.29) is 18.5 Å². The lowest BCUT2D eigenvalue weighted by molar-refractivity contribution is -0.133. The van der Waals surface area contributed by atoms with Crippen LogP contribution in [0.1, 0.15) is 47.4 Å². The van der Waals surface area contributed by atoms with Gasteiger partial charge in [-0.05, 0) is 30.7 Å². The number of benzene rings is 1. The van der Waals surface area contributed by atoms with E-state index in [0.717, 1.165) is 29.1 Å². The van der Waals surface area contributed by atoms with E-state index in [1.54, 1.807) is 10.9 Å². The summed E-state index contributed by atoms with van der Waals surface area (Å²) in [4.78, 5) is 19.6. The van der Waals surface area contributed by atoms with Gasteiger partial charge in [0.1, 0.15) is 18.6 Å². The van der Waals surface area contributed by atoms with Gasteiger partial charge < -0.3 is 15.2 Å². The summed E-state index contributed by atoms with van der Waals surface area (Å²) < 4.78 is 6.75. The van der Waals surface area contributed by atoms with Crippen LogP contribution in [0.2, 0.25) is 0 Å². The molecule has 0 bridgehead atoms. The van der Waals surface area contributed by atoms with Gasteiger partial charge in [0.15, 0.2) is 5.82 Å². The Balaban J connectivity index is 1.33. The van der Waals surface area contributed by atoms with Crippen LogP contribution in [0.15, 0.2) is 41.1 Å². The maximum atomic E-state index is 13.0. The van der Waals surface area contributed by atoms with Crippen molar-refractivity contribution >= 4 is 5.91 Å². The molecular formula is C22H26N6O2. The number of hydrogen-bond acceptors (Lipinski definition) is 6. The molecule has 5 rings (SSSR count). The van der Waals surface area contributed by atoms with Crippen LogP contribution in [0.4, 0.5) is 0 Å². The molecule has 8 nitrogen and oxygen atoms in total. The first-order valence-corrected chi connectivity index (χ1v) is 10.6. The molecule has 0 spiro atoms. The molecule has 2 N–H and O–H groups in total. The third kappa shape index (κ3) is 4.14. The number of carbonyl (C=O) groups is 1. The zero-order chi connectivity index (χ0) is 20.5. The maximum absolute atomic E-state index is 13.0. The van der Waals surface area contributed by atoms with Gasteiger partial charge in [-0.15, -0.1) is 0 Å². The topological polar surface area (TPSA) is 103 Å². The van der Waals surface area contributed by atoms with Crippen molar-refractivity contribution in [2.45, 2.75) is 51.2 Å². The zero-order valence-corrected chi connectivity index (χ0v) is 16.9. The molecule has 0 saturated heterocycles. The normalized spacial score (nSPS) is 17.0. The highest BCUT2D eigenvalue weighted by Crippen LogP contribution is 2.32. The quantitative estimate of drug-likeness (QED) is 0.644. The molecular weight excluding hydrogens is 380 g/mol. The fourth-order valence-electron chi connectivity index (χ4n) is 4.00. The van der Waals surface area contributed by atoms with Crippen LogP contribution < -0.4 is 5.73 Å². The van der Waals surface area contributed by atoms with Crippen LogP contribution in [0.25, 0.3) is 0 Å². The first-order valence-electron chi connectivity index (χ1n) is 10.6. The molecule has 1 atom stereocenters. The third-order valence-corrected chi connectivity index (χ3v) is 5.89. The summed E-state index contributed by atoms with van der Waals surface area (Å²) in [7, 11) is 0. The van der Waals surface area contributed by atoms with Gasteiger partial charge in [-0.2, -0.15) is 5.10 Å². The Morgan fingerprint density at radius 3 is 2.90 bits per heavy atom. The Morgan fingerprint density at radius 1 is 1.27 bits per heavy atom. The molecule has 1 amide bonds. The second-order valence-corrected chi connectivity index (χ2v) is 8.34. The summed E-state index contributed by atoms with van der Waals surface area (Å²) in [5, 5.41) is 8.66. The van der Waals surface area contributed by atoms with Gasteiger partial charge in [-0.1, -0.05) is 35.5 Å². The number of fused-ring (bicyclic) bond motifs is 1. The van der Waals surface area contributed by atoms with Crippen molar-refractivity contribution in [1.82, 2.24) is 24.8 Å². The molecule has 1 aromatic carbocycles. The van der Waals surface area contributed by atoms with Gasteiger partial charge >= 0.3 is 0 Å². The first-order chi connectivity index (χ1) is 14.7. The summed E-state index contributed by atoms with van der Waals surface area (Å²) in [6.07, 6.45) is 6.31. The molecule has 2 aliphatic rings. The van der Waals surface area contributed by atoms with E-state index in [1.165, 1.54) is 12.8 Å². The number of nitrogens with two attached hydrogens (primary N) is 1. The Morgan fingerprint density at radius 2 is 2.10 bits per heavy atom. The lowest BCUT2D eigenvalue weighted by Crippen LogP contribution is -2.38. The van der Waals surface area contributed by atoms with Crippen LogP contribution in [-0.4, -0.2) is 37.3 Å². The number of carbonyl (C=O) groups excluding carboxylic acids is 1. The van der Waals surface area contributed by atoms with Crippen molar-refractivity contribution in [2.24, 2.45) is 11.7 Å². The average Bonchev–Trinajstić information content (AvgIpc) is 3.28. The first kappa shape index (κ1) is 19.0. The van der Waals surface area contributed by atoms with Gasteiger partial charge in [-0.3, -0.25) is 4.79 Å². The Labute approximate surface area is 175 Å². The van der Waals surface area contributed by atoms with E-state index in [9.17, 15) is 4.79 Å². The highest BCUT2D eigenvalue weighted by atomic mass is 16.5. The number of aromatic nitrogens is 4. The van der Waals surface area contributed by atoms with Crippen molar-refractivity contribution < 1.29 is 9.32 Å². The Kier molecular flexibility index (Phi) is 5.08. The van der Waals surface area contributed by atoms with Crippen molar-refractivity contribution in [1.29, 1.82) is 0 Å². The van der Waals surface area contributed by atoms with Crippen molar-refractivity contribution in [2.75, 3.05) is 6.54 Å². The van der Waals surface area contributed by atoms with Crippen LogP contribution in [0.5, 0.6) is 0 Å². The minimum atomic E-state index is -0.313. The van der Waals surface area contributed by atoms with Crippen LogP contribution in [0, 0.1) is 5.92 Å². The molecule has 1 fully saturated rings. The van der Waals surface area contributed by atoms with E-state index >= 15 is 0 Å². The molecule has 30 heavy (non-hydrogen) atoms. The molecule has 3 heterocycles. The molecule has 1 aliphatic heterocycles. The van der Waals surface area contributed by atoms with Gasteiger partial charge in [0.2, 0.25) is 5.91 Å². The van der Waals surface area contributed by atoms with E-state index in [2.05, 4.69) is 22.4 Å². The summed E-state index contributed by atoms with van der Waals surface area (Å²) >= 11 is 0. The lowest BCUT2D eigenvalue weighted by Gasteiger charge is -2.26. The number of amides is 1. The van der Waals surface area contributed by atoms with Crippen LogP contribution in [-0.2, 0) is 37.1 Å². The van der Waals surface area contributed by atoms with E-state index in [0.29, 0.717) is 37.7 Å². The SMILES string of the molecule is N[C@H](Cc1ccccc1)c1nc(CC2CC2)nn1CC(=O)N1CCc2nocc2C1. The Bertz CT molecular complexity index is 1020. The van der Waals surface area contributed by atoms with Crippen LogP contribution >= 0.6 is 0 Å². The highest BCUT2D eigenvalue weighted by Gasteiger charge is 2.28. The molecule has 8 heteroatoms. The monoisotopic (exact) mass is 406 g/mol. The zero-order valence-electron chi connectivity index (χ0n) is 16.9. The number of nitrogens with zero attached hydrogens (tertiary/aromatic N) is 5. The average molecular weight is 406 g/mol. The predicted molar refractivity (Wildman–Crippen MR) is 109 cm³/mol. The fourth-order valence-corrected chi connectivity index (χ4v) is 4.00. The van der Waals surface area contributed by atoms with Gasteiger partial charge in [0.25, 0.3) is 0 Å². The smallest absolute Gasteiger partial charge is 0.244 e. The molecule has 1 aliphatic carbocycles. The van der Waals surface area contributed by atoms with Crippen LogP contribution in [0.3, 0.4) is 0 Å². The Hall–Kier alpha value is -3.00. The summed E-state index contributed by atoms with van der Waals surface area (Å²) in [5.41, 5.74) is 9.58. The highest BCUT2D eigenvalue weighted by molar-refractivity contribution is 5.76. The third-order valence-electron chi connectivity index (χ3n) is 5.89. The van der Waals surface area contributed by atoms with Crippen molar-refractivity contribution in [3.8, 4) is 0 Å². The van der Waals surface area contributed by atoms with Gasteiger partial charge in [0.05, 0.1) is 18.3 Å². The molecule has 0 radical (unpaired) electrons. The van der Waals surface area contributed by atoms with Crippen molar-refractivity contribution in [3.05, 3.63) is 65.1 Å². The molecule has 1 saturated carbocycles. The molecule has 0 unspecified atom stereocenters. The number of hydrogen-bond donors (Lipinski definition) is 1. The summed E-state index contributed by atoms with van der Waals surface area (Å²) in [6.45, 7) is 1.30. The van der Waals surface area contributed by atoms with E-state index < -0.39 is 0 Å². The van der Waals surface area contributed by atoms with Crippen molar-refractivity contribution in [3.63, 3.8) is 0 Å². The maximum Gasteiger partial charge on any atom is 0.244 e. The minimum Gasteiger partial charge on any atom is -0.364 e. The number of rotatable bonds is 7. The summed E-state index contributed by atoms with van der Waals surface area (Å²) in [5.74, 6) is 2.16. The molecule has 2 aromatic heterocycles. The second kappa shape index (κ2) is 8.02. The van der Waals surface area contributed by atoms with E-state index in [1.807, 2.05) is 23.1 Å². The largest absolute Gasteiger partial charge is 0.364 e. The summed E-state index contributed by atoms with van der Waals surface area (Å²) in [6, 6.07) is 9.80. The second-order valence-electron chi connectivity index (χ2n) is 8.34.